The predicted molar refractivity (Wildman–Crippen MR) is 202 cm³/mol. The van der Waals surface area contributed by atoms with Gasteiger partial charge in [0.15, 0.2) is 0 Å². The molecule has 50 heavy (non-hydrogen) atoms. The van der Waals surface area contributed by atoms with Gasteiger partial charge in [-0.25, -0.2) is 0 Å². The molecule has 0 heterocycles. The predicted octanol–water partition coefficient (Wildman–Crippen LogP) is 8.54. The molecule has 0 aliphatic heterocycles. The molecule has 3 aromatic carbocycles. The van der Waals surface area contributed by atoms with E-state index in [2.05, 4.69) is 81.4 Å². The molecule has 0 N–H and O–H groups in total. The zero-order chi connectivity index (χ0) is 35.2. The fourth-order valence-electron chi connectivity index (χ4n) is 7.78. The van der Waals surface area contributed by atoms with Gasteiger partial charge in [-0.1, -0.05) is 125 Å². The van der Waals surface area contributed by atoms with Crippen LogP contribution in [0.1, 0.15) is 103 Å². The number of hydrogen-bond acceptors (Lipinski definition) is 6. The van der Waals surface area contributed by atoms with Crippen molar-refractivity contribution in [3.63, 3.8) is 0 Å². The van der Waals surface area contributed by atoms with Gasteiger partial charge in [0.1, 0.15) is 12.7 Å². The quantitative estimate of drug-likeness (QED) is 0.0849. The van der Waals surface area contributed by atoms with E-state index in [1.807, 2.05) is 30.3 Å². The van der Waals surface area contributed by atoms with E-state index in [0.717, 1.165) is 83.0 Å². The highest BCUT2D eigenvalue weighted by atomic mass is 28.4. The van der Waals surface area contributed by atoms with Crippen molar-refractivity contribution >= 4 is 30.6 Å². The Hall–Kier alpha value is -3.26. The largest absolute Gasteiger partial charge is 0.462 e. The summed E-state index contributed by atoms with van der Waals surface area (Å²) in [7, 11) is -2.47. The number of ether oxygens (including phenoxy) is 3. The molecule has 6 nitrogen and oxygen atoms in total. The SMILES string of the molecule is CC(C)(C)[Si](OCCCCCCOC1CCC(C(=O)OC2CCC(C(=O)OCc3ccccc3)CC2)CC1)(c1ccccc1)c1ccccc1. The van der Waals surface area contributed by atoms with Crippen LogP contribution in [0, 0.1) is 11.8 Å². The van der Waals surface area contributed by atoms with Gasteiger partial charge in [-0.2, -0.15) is 0 Å². The van der Waals surface area contributed by atoms with E-state index in [-0.39, 0.29) is 41.0 Å². The summed E-state index contributed by atoms with van der Waals surface area (Å²) in [4.78, 5) is 25.5. The van der Waals surface area contributed by atoms with E-state index in [4.69, 9.17) is 18.6 Å². The van der Waals surface area contributed by atoms with E-state index >= 15 is 0 Å². The number of rotatable bonds is 16. The highest BCUT2D eigenvalue weighted by Crippen LogP contribution is 2.37. The fraction of sp³-hybridized carbons (Fsp3) is 0.535. The Morgan fingerprint density at radius 1 is 0.600 bits per heavy atom. The van der Waals surface area contributed by atoms with Gasteiger partial charge in [-0.3, -0.25) is 9.59 Å². The van der Waals surface area contributed by atoms with Crippen molar-refractivity contribution in [1.29, 1.82) is 0 Å². The number of carbonyl (C=O) groups is 2. The van der Waals surface area contributed by atoms with Gasteiger partial charge in [0.25, 0.3) is 8.32 Å². The molecule has 0 radical (unpaired) electrons. The Morgan fingerprint density at radius 2 is 1.08 bits per heavy atom. The molecule has 0 saturated heterocycles. The van der Waals surface area contributed by atoms with Crippen LogP contribution >= 0.6 is 0 Å². The number of hydrogen-bond donors (Lipinski definition) is 0. The van der Waals surface area contributed by atoms with Crippen molar-refractivity contribution in [1.82, 2.24) is 0 Å². The Bertz CT molecular complexity index is 1380. The van der Waals surface area contributed by atoms with Crippen LogP contribution in [0.25, 0.3) is 0 Å². The Balaban J connectivity index is 0.937. The van der Waals surface area contributed by atoms with Gasteiger partial charge >= 0.3 is 11.9 Å². The maximum atomic E-state index is 12.9. The Morgan fingerprint density at radius 3 is 1.62 bits per heavy atom. The molecule has 7 heteroatoms. The van der Waals surface area contributed by atoms with E-state index in [0.29, 0.717) is 19.4 Å². The zero-order valence-corrected chi connectivity index (χ0v) is 31.5. The third-order valence-corrected chi connectivity index (χ3v) is 15.7. The Labute approximate surface area is 301 Å². The molecule has 2 aliphatic rings. The maximum absolute atomic E-state index is 12.9. The minimum absolute atomic E-state index is 0.000923. The van der Waals surface area contributed by atoms with Crippen molar-refractivity contribution in [2.45, 2.75) is 122 Å². The number of benzene rings is 3. The molecular formula is C43H58O6Si. The van der Waals surface area contributed by atoms with Crippen LogP contribution in [0.2, 0.25) is 5.04 Å². The second-order valence-electron chi connectivity index (χ2n) is 15.3. The summed E-state index contributed by atoms with van der Waals surface area (Å²) < 4.78 is 24.7. The standard InChI is InChI=1S/C43H58O6Si/c1-43(2,3)50(39-19-11-7-12-20-39,40-21-13-8-14-22-40)48-32-16-5-4-15-31-46-37-27-23-36(24-28-37)42(45)49-38-29-25-35(26-30-38)41(44)47-33-34-17-9-6-10-18-34/h6-14,17-22,35-38H,4-5,15-16,23-33H2,1-3H3. The van der Waals surface area contributed by atoms with Crippen LogP contribution in [-0.4, -0.2) is 45.7 Å². The fourth-order valence-corrected chi connectivity index (χ4v) is 12.4. The van der Waals surface area contributed by atoms with Gasteiger partial charge in [0.2, 0.25) is 0 Å². The summed E-state index contributed by atoms with van der Waals surface area (Å²) in [6.07, 6.45) is 10.8. The smallest absolute Gasteiger partial charge is 0.309 e. The van der Waals surface area contributed by atoms with Crippen LogP contribution in [0.3, 0.4) is 0 Å². The van der Waals surface area contributed by atoms with Crippen LogP contribution in [0.15, 0.2) is 91.0 Å². The highest BCUT2D eigenvalue weighted by Gasteiger charge is 2.50. The summed E-state index contributed by atoms with van der Waals surface area (Å²) in [5, 5.41) is 2.66. The van der Waals surface area contributed by atoms with Crippen molar-refractivity contribution in [2.24, 2.45) is 11.8 Å². The van der Waals surface area contributed by atoms with Gasteiger partial charge in [0, 0.05) is 13.2 Å². The average Bonchev–Trinajstić information content (AvgIpc) is 3.14. The molecule has 0 amide bonds. The van der Waals surface area contributed by atoms with Crippen molar-refractivity contribution in [2.75, 3.05) is 13.2 Å². The van der Waals surface area contributed by atoms with Crippen LogP contribution in [0.4, 0.5) is 0 Å². The zero-order valence-electron chi connectivity index (χ0n) is 30.5. The summed E-state index contributed by atoms with van der Waals surface area (Å²) in [5.74, 6) is -0.362. The van der Waals surface area contributed by atoms with Crippen LogP contribution in [0.5, 0.6) is 0 Å². The molecule has 3 aromatic rings. The molecule has 270 valence electrons. The molecule has 2 aliphatic carbocycles. The molecule has 0 aromatic heterocycles. The average molecular weight is 699 g/mol. The minimum Gasteiger partial charge on any atom is -0.462 e. The maximum Gasteiger partial charge on any atom is 0.309 e. The number of esters is 2. The van der Waals surface area contributed by atoms with Gasteiger partial charge in [-0.15, -0.1) is 0 Å². The minimum atomic E-state index is -2.47. The molecule has 0 bridgehead atoms. The third-order valence-electron chi connectivity index (χ3n) is 10.6. The van der Waals surface area contributed by atoms with Gasteiger partial charge in [-0.05, 0) is 85.2 Å². The third kappa shape index (κ3) is 10.4. The van der Waals surface area contributed by atoms with E-state index in [9.17, 15) is 9.59 Å². The lowest BCUT2D eigenvalue weighted by molar-refractivity contribution is -0.160. The summed E-state index contributed by atoms with van der Waals surface area (Å²) in [6, 6.07) is 31.5. The number of unbranched alkanes of at least 4 members (excludes halogenated alkanes) is 3. The summed E-state index contributed by atoms with van der Waals surface area (Å²) in [5.41, 5.74) is 0.993. The van der Waals surface area contributed by atoms with Crippen LogP contribution in [-0.2, 0) is 34.8 Å². The molecular weight excluding hydrogens is 641 g/mol. The first-order valence-corrected chi connectivity index (χ1v) is 20.9. The Kier molecular flexibility index (Phi) is 14.3. The van der Waals surface area contributed by atoms with E-state index in [1.54, 1.807) is 0 Å². The summed E-state index contributed by atoms with van der Waals surface area (Å²) >= 11 is 0. The molecule has 5 rings (SSSR count). The molecule has 0 atom stereocenters. The van der Waals surface area contributed by atoms with Gasteiger partial charge in [0.05, 0.1) is 17.9 Å². The molecule has 0 unspecified atom stereocenters. The monoisotopic (exact) mass is 698 g/mol. The topological polar surface area (TPSA) is 71.1 Å². The van der Waals surface area contributed by atoms with Gasteiger partial charge < -0.3 is 18.6 Å². The molecule has 2 fully saturated rings. The molecule has 0 spiro atoms. The van der Waals surface area contributed by atoms with Crippen molar-refractivity contribution in [3.8, 4) is 0 Å². The first kappa shape index (κ1) is 38.0. The first-order valence-electron chi connectivity index (χ1n) is 19.0. The normalized spacial score (nSPS) is 21.3. The first-order chi connectivity index (χ1) is 24.3. The number of carbonyl (C=O) groups excluding carboxylic acids is 2. The van der Waals surface area contributed by atoms with E-state index in [1.165, 1.54) is 10.4 Å². The summed E-state index contributed by atoms with van der Waals surface area (Å²) in [6.45, 7) is 8.82. The lowest BCUT2D eigenvalue weighted by Gasteiger charge is -2.43. The van der Waals surface area contributed by atoms with Crippen molar-refractivity contribution < 1.29 is 28.2 Å². The second-order valence-corrected chi connectivity index (χ2v) is 19.6. The van der Waals surface area contributed by atoms with Crippen LogP contribution < -0.4 is 10.4 Å². The molecule has 2 saturated carbocycles. The van der Waals surface area contributed by atoms with Crippen molar-refractivity contribution in [3.05, 3.63) is 96.6 Å². The lowest BCUT2D eigenvalue weighted by Crippen LogP contribution is -2.66. The lowest BCUT2D eigenvalue weighted by atomic mass is 9.86. The van der Waals surface area contributed by atoms with E-state index < -0.39 is 8.32 Å². The second kappa shape index (κ2) is 18.8. The highest BCUT2D eigenvalue weighted by molar-refractivity contribution is 6.99.